The third-order valence-electron chi connectivity index (χ3n) is 3.09. The molecular weight excluding hydrogens is 153 g/mol. The van der Waals surface area contributed by atoms with E-state index in [1.54, 1.807) is 0 Å². The van der Waals surface area contributed by atoms with Gasteiger partial charge in [0.15, 0.2) is 5.79 Å². The van der Waals surface area contributed by atoms with Crippen molar-refractivity contribution in [1.29, 1.82) is 0 Å². The number of ether oxygens (including phenoxy) is 1. The van der Waals surface area contributed by atoms with Gasteiger partial charge in [-0.25, -0.2) is 0 Å². The average Bonchev–Trinajstić information content (AvgIpc) is 2.37. The maximum Gasteiger partial charge on any atom is 0.191 e. The van der Waals surface area contributed by atoms with E-state index in [-0.39, 0.29) is 12.0 Å². The monoisotopic (exact) mass is 167 g/mol. The van der Waals surface area contributed by atoms with Gasteiger partial charge in [-0.1, -0.05) is 13.8 Å². The molecule has 0 aromatic carbocycles. The maximum absolute atomic E-state index is 5.82. The molecule has 2 heterocycles. The predicted molar refractivity (Wildman–Crippen MR) is 45.4 cm³/mol. The number of likely N-dealkylation sites (N-methyl/N-ethyl adjacent to an activating group) is 1. The van der Waals surface area contributed by atoms with Crippen LogP contribution in [0.1, 0.15) is 20.3 Å². The van der Waals surface area contributed by atoms with Crippen molar-refractivity contribution in [3.05, 3.63) is 0 Å². The van der Waals surface area contributed by atoms with Gasteiger partial charge in [0.25, 0.3) is 0 Å². The molecule has 4 atom stereocenters. The van der Waals surface area contributed by atoms with Crippen LogP contribution in [0.25, 0.3) is 0 Å². The van der Waals surface area contributed by atoms with Crippen LogP contribution in [0, 0.1) is 5.92 Å². The highest BCUT2D eigenvalue weighted by Crippen LogP contribution is 2.47. The smallest absolute Gasteiger partial charge is 0.191 e. The quantitative estimate of drug-likeness (QED) is 0.530. The zero-order valence-electron chi connectivity index (χ0n) is 7.78. The minimum atomic E-state index is -0.446. The molecule has 0 spiro atoms. The minimum Gasteiger partial charge on any atom is -0.353 e. The van der Waals surface area contributed by atoms with Gasteiger partial charge in [0.1, 0.15) is 7.85 Å². The van der Waals surface area contributed by atoms with E-state index in [4.69, 9.17) is 17.4 Å². The van der Waals surface area contributed by atoms with Gasteiger partial charge in [0.05, 0.1) is 6.04 Å². The molecule has 0 N–H and O–H groups in total. The van der Waals surface area contributed by atoms with E-state index in [1.165, 1.54) is 0 Å². The molecule has 0 aliphatic carbocycles. The number of rotatable bonds is 1. The topological polar surface area (TPSA) is 21.7 Å². The van der Waals surface area contributed by atoms with Crippen molar-refractivity contribution in [2.45, 2.75) is 38.1 Å². The van der Waals surface area contributed by atoms with E-state index < -0.39 is 5.79 Å². The molecule has 2 saturated heterocycles. The van der Waals surface area contributed by atoms with Crippen LogP contribution in [0.15, 0.2) is 0 Å². The standard InChI is InChI=1S/C8H14BNO2/c1-4-8-5(2)6(7(9)11-8)10(3)12-8/h5-7H,4H2,1-3H3/t5?,6-,7+,8-/m0/s1. The summed E-state index contributed by atoms with van der Waals surface area (Å²) < 4.78 is 5.59. The van der Waals surface area contributed by atoms with Gasteiger partial charge in [-0.05, 0) is 0 Å². The average molecular weight is 167 g/mol. The van der Waals surface area contributed by atoms with Crippen LogP contribution in [-0.4, -0.2) is 37.8 Å². The molecule has 1 unspecified atom stereocenters. The van der Waals surface area contributed by atoms with E-state index in [0.717, 1.165) is 6.42 Å². The van der Waals surface area contributed by atoms with E-state index in [0.29, 0.717) is 5.92 Å². The van der Waals surface area contributed by atoms with Crippen molar-refractivity contribution in [3.63, 3.8) is 0 Å². The van der Waals surface area contributed by atoms with Crippen molar-refractivity contribution >= 4 is 7.85 Å². The first-order valence-electron chi connectivity index (χ1n) is 4.46. The second-order valence-corrected chi connectivity index (χ2v) is 3.66. The largest absolute Gasteiger partial charge is 0.353 e. The van der Waals surface area contributed by atoms with Crippen LogP contribution in [-0.2, 0) is 9.57 Å². The molecule has 12 heavy (non-hydrogen) atoms. The highest BCUT2D eigenvalue weighted by Gasteiger charge is 2.59. The second-order valence-electron chi connectivity index (χ2n) is 3.66. The Morgan fingerprint density at radius 3 is 2.58 bits per heavy atom. The first-order valence-corrected chi connectivity index (χ1v) is 4.46. The highest BCUT2D eigenvalue weighted by atomic mass is 16.8. The number of hydroxylamine groups is 2. The molecule has 0 aromatic heterocycles. The summed E-state index contributed by atoms with van der Waals surface area (Å²) in [6.07, 6.45) is 0.850. The highest BCUT2D eigenvalue weighted by molar-refractivity contribution is 6.11. The number of hydrogen-bond acceptors (Lipinski definition) is 3. The number of fused-ring (bicyclic) bond motifs is 2. The molecule has 2 radical (unpaired) electrons. The Morgan fingerprint density at radius 1 is 1.58 bits per heavy atom. The van der Waals surface area contributed by atoms with Gasteiger partial charge >= 0.3 is 0 Å². The lowest BCUT2D eigenvalue weighted by Crippen LogP contribution is -2.43. The van der Waals surface area contributed by atoms with E-state index in [2.05, 4.69) is 13.8 Å². The Balaban J connectivity index is 2.28. The van der Waals surface area contributed by atoms with E-state index in [9.17, 15) is 0 Å². The molecule has 0 aromatic rings. The zero-order chi connectivity index (χ0) is 8.93. The SMILES string of the molecule is [B][C@@H]1O[C@@]2(CC)ON(C)[C@H]1C2C. The van der Waals surface area contributed by atoms with Gasteiger partial charge in [0.2, 0.25) is 0 Å². The summed E-state index contributed by atoms with van der Waals surface area (Å²) in [6.45, 7) is 4.19. The first-order chi connectivity index (χ1) is 5.60. The summed E-state index contributed by atoms with van der Waals surface area (Å²) in [5.74, 6) is -0.0822. The summed E-state index contributed by atoms with van der Waals surface area (Å²) in [5, 5.41) is 1.84. The molecule has 66 valence electrons. The predicted octanol–water partition coefficient (Wildman–Crippen LogP) is 0.499. The fourth-order valence-electron chi connectivity index (χ4n) is 2.35. The molecule has 2 aliphatic rings. The summed E-state index contributed by atoms with van der Waals surface area (Å²) >= 11 is 0. The van der Waals surface area contributed by atoms with Gasteiger partial charge in [-0.3, -0.25) is 4.84 Å². The van der Waals surface area contributed by atoms with Crippen molar-refractivity contribution < 1.29 is 9.57 Å². The van der Waals surface area contributed by atoms with Crippen LogP contribution >= 0.6 is 0 Å². The molecule has 2 rings (SSSR count). The van der Waals surface area contributed by atoms with Gasteiger partial charge in [-0.2, -0.15) is 5.06 Å². The third kappa shape index (κ3) is 0.831. The van der Waals surface area contributed by atoms with Crippen molar-refractivity contribution in [1.82, 2.24) is 5.06 Å². The second kappa shape index (κ2) is 2.47. The molecule has 2 aliphatic heterocycles. The van der Waals surface area contributed by atoms with Crippen molar-refractivity contribution in [3.8, 4) is 0 Å². The molecule has 0 amide bonds. The first kappa shape index (κ1) is 8.54. The van der Waals surface area contributed by atoms with E-state index in [1.807, 2.05) is 12.1 Å². The third-order valence-corrected chi connectivity index (χ3v) is 3.09. The summed E-state index contributed by atoms with van der Waals surface area (Å²) in [6, 6.07) is 0.0173. The minimum absolute atomic E-state index is 0.196. The normalized spacial score (nSPS) is 53.4. The fraction of sp³-hybridized carbons (Fsp3) is 1.00. The molecule has 3 nitrogen and oxygen atoms in total. The van der Waals surface area contributed by atoms with Crippen LogP contribution in [0.2, 0.25) is 0 Å². The lowest BCUT2D eigenvalue weighted by molar-refractivity contribution is -0.338. The Labute approximate surface area is 74.4 Å². The van der Waals surface area contributed by atoms with Crippen LogP contribution < -0.4 is 0 Å². The Kier molecular flexibility index (Phi) is 1.76. The number of nitrogens with zero attached hydrogens (tertiary/aromatic N) is 1. The Hall–Kier alpha value is -0.0551. The summed E-state index contributed by atoms with van der Waals surface area (Å²) in [7, 11) is 7.74. The maximum atomic E-state index is 5.82. The molecule has 0 saturated carbocycles. The van der Waals surface area contributed by atoms with Gasteiger partial charge in [0, 0.05) is 25.4 Å². The van der Waals surface area contributed by atoms with Crippen LogP contribution in [0.3, 0.4) is 0 Å². The Bertz CT molecular complexity index is 187. The summed E-state index contributed by atoms with van der Waals surface area (Å²) in [5.41, 5.74) is 0. The lowest BCUT2D eigenvalue weighted by Gasteiger charge is -2.33. The fourth-order valence-corrected chi connectivity index (χ4v) is 2.35. The molecule has 2 fully saturated rings. The summed E-state index contributed by atoms with van der Waals surface area (Å²) in [4.78, 5) is 5.61. The Morgan fingerprint density at radius 2 is 2.25 bits per heavy atom. The molecule has 2 bridgehead atoms. The molecule has 4 heteroatoms. The van der Waals surface area contributed by atoms with Crippen molar-refractivity contribution in [2.75, 3.05) is 7.05 Å². The van der Waals surface area contributed by atoms with Gasteiger partial charge in [-0.15, -0.1) is 0 Å². The molecular formula is C8H14BNO2. The van der Waals surface area contributed by atoms with Crippen LogP contribution in [0.5, 0.6) is 0 Å². The number of hydrogen-bond donors (Lipinski definition) is 0. The van der Waals surface area contributed by atoms with Gasteiger partial charge < -0.3 is 4.74 Å². The van der Waals surface area contributed by atoms with E-state index >= 15 is 0 Å². The zero-order valence-corrected chi connectivity index (χ0v) is 7.78. The van der Waals surface area contributed by atoms with Crippen molar-refractivity contribution in [2.24, 2.45) is 5.92 Å². The lowest BCUT2D eigenvalue weighted by atomic mass is 9.86. The van der Waals surface area contributed by atoms with Crippen LogP contribution in [0.4, 0.5) is 0 Å².